The van der Waals surface area contributed by atoms with E-state index in [0.29, 0.717) is 24.1 Å². The molecule has 1 aliphatic carbocycles. The third-order valence-electron chi connectivity index (χ3n) is 4.17. The Hall–Kier alpha value is -2.49. The molecule has 0 aliphatic heterocycles. The number of rotatable bonds is 6. The lowest BCUT2D eigenvalue weighted by atomic mass is 10.2. The molecule has 2 unspecified atom stereocenters. The van der Waals surface area contributed by atoms with Crippen LogP contribution in [0, 0.1) is 5.92 Å². The van der Waals surface area contributed by atoms with E-state index in [9.17, 15) is 4.79 Å². The molecule has 0 bridgehead atoms. The number of hydrogen-bond donors (Lipinski definition) is 1. The number of amides is 1. The number of methoxy groups -OCH3 is 1. The van der Waals surface area contributed by atoms with Gasteiger partial charge in [-0.25, -0.2) is 0 Å². The molecule has 1 aromatic heterocycles. The lowest BCUT2D eigenvalue weighted by Gasteiger charge is -2.08. The van der Waals surface area contributed by atoms with Crippen molar-refractivity contribution in [3.05, 3.63) is 59.6 Å². The normalized spacial score (nSPS) is 19.7. The molecule has 1 heterocycles. The Balaban J connectivity index is 1.53. The van der Waals surface area contributed by atoms with Gasteiger partial charge in [-0.1, -0.05) is 25.1 Å². The van der Waals surface area contributed by atoms with E-state index < -0.39 is 0 Å². The summed E-state index contributed by atoms with van der Waals surface area (Å²) in [5.41, 5.74) is 0.944. The van der Waals surface area contributed by atoms with Crippen molar-refractivity contribution in [2.45, 2.75) is 25.8 Å². The van der Waals surface area contributed by atoms with Crippen LogP contribution in [0.2, 0.25) is 0 Å². The molecule has 4 heteroatoms. The molecular formula is C19H21NO3. The molecule has 1 aromatic carbocycles. The van der Waals surface area contributed by atoms with Gasteiger partial charge in [-0.3, -0.25) is 4.79 Å². The van der Waals surface area contributed by atoms with Gasteiger partial charge < -0.3 is 14.5 Å². The summed E-state index contributed by atoms with van der Waals surface area (Å²) in [6.45, 7) is 2.64. The fraction of sp³-hybridized carbons (Fsp3) is 0.316. The number of benzene rings is 1. The van der Waals surface area contributed by atoms with Gasteiger partial charge in [-0.15, -0.1) is 0 Å². The lowest BCUT2D eigenvalue weighted by Crippen LogP contribution is -2.20. The van der Waals surface area contributed by atoms with Crippen molar-refractivity contribution in [3.63, 3.8) is 0 Å². The molecule has 1 amide bonds. The van der Waals surface area contributed by atoms with Gasteiger partial charge in [0.25, 0.3) is 0 Å². The maximum atomic E-state index is 11.9. The second kappa shape index (κ2) is 6.73. The molecule has 23 heavy (non-hydrogen) atoms. The average molecular weight is 311 g/mol. The predicted molar refractivity (Wildman–Crippen MR) is 89.1 cm³/mol. The van der Waals surface area contributed by atoms with Crippen LogP contribution in [-0.4, -0.2) is 13.0 Å². The maximum absolute atomic E-state index is 11.9. The molecule has 2 aromatic rings. The number of nitrogens with one attached hydrogen (secondary N) is 1. The number of carbonyl (C=O) groups is 1. The van der Waals surface area contributed by atoms with Crippen LogP contribution in [0.25, 0.3) is 6.08 Å². The summed E-state index contributed by atoms with van der Waals surface area (Å²) < 4.78 is 11.0. The van der Waals surface area contributed by atoms with Crippen molar-refractivity contribution >= 4 is 12.0 Å². The van der Waals surface area contributed by atoms with Crippen LogP contribution < -0.4 is 10.1 Å². The Labute approximate surface area is 136 Å². The van der Waals surface area contributed by atoms with Crippen molar-refractivity contribution in [1.82, 2.24) is 5.32 Å². The van der Waals surface area contributed by atoms with Crippen LogP contribution in [0.15, 0.2) is 46.9 Å². The van der Waals surface area contributed by atoms with Crippen molar-refractivity contribution in [2.24, 2.45) is 5.92 Å². The molecule has 1 N–H and O–H groups in total. The topological polar surface area (TPSA) is 51.5 Å². The Morgan fingerprint density at radius 3 is 2.87 bits per heavy atom. The van der Waals surface area contributed by atoms with Crippen molar-refractivity contribution in [1.29, 1.82) is 0 Å². The second-order valence-corrected chi connectivity index (χ2v) is 5.92. The van der Waals surface area contributed by atoms with Gasteiger partial charge in [0.15, 0.2) is 0 Å². The first-order chi connectivity index (χ1) is 11.2. The molecule has 1 fully saturated rings. The lowest BCUT2D eigenvalue weighted by molar-refractivity contribution is -0.116. The summed E-state index contributed by atoms with van der Waals surface area (Å²) in [5.74, 6) is 3.61. The van der Waals surface area contributed by atoms with E-state index in [0.717, 1.165) is 17.1 Å². The van der Waals surface area contributed by atoms with Gasteiger partial charge in [-0.2, -0.15) is 0 Å². The second-order valence-electron chi connectivity index (χ2n) is 5.92. The minimum absolute atomic E-state index is 0.159. The highest BCUT2D eigenvalue weighted by Crippen LogP contribution is 2.47. The number of furan rings is 1. The van der Waals surface area contributed by atoms with E-state index in [4.69, 9.17) is 9.15 Å². The zero-order valence-electron chi connectivity index (χ0n) is 13.4. The number of para-hydroxylation sites is 1. The monoisotopic (exact) mass is 311 g/mol. The maximum Gasteiger partial charge on any atom is 0.244 e. The van der Waals surface area contributed by atoms with Crippen LogP contribution in [0.5, 0.6) is 5.75 Å². The molecule has 1 saturated carbocycles. The first-order valence-corrected chi connectivity index (χ1v) is 7.85. The van der Waals surface area contributed by atoms with E-state index in [1.807, 2.05) is 36.4 Å². The average Bonchev–Trinajstić information content (AvgIpc) is 3.11. The van der Waals surface area contributed by atoms with Gasteiger partial charge in [0, 0.05) is 24.1 Å². The molecule has 0 spiro atoms. The number of carbonyl (C=O) groups excluding carboxylic acids is 1. The first-order valence-electron chi connectivity index (χ1n) is 7.85. The molecule has 120 valence electrons. The molecule has 1 aliphatic rings. The minimum Gasteiger partial charge on any atom is -0.496 e. The summed E-state index contributed by atoms with van der Waals surface area (Å²) in [4.78, 5) is 11.9. The quantitative estimate of drug-likeness (QED) is 0.827. The Bertz CT molecular complexity index is 717. The third-order valence-corrected chi connectivity index (χ3v) is 4.17. The summed E-state index contributed by atoms with van der Waals surface area (Å²) in [6, 6.07) is 11.5. The molecule has 0 radical (unpaired) electrons. The van der Waals surface area contributed by atoms with Crippen LogP contribution >= 0.6 is 0 Å². The van der Waals surface area contributed by atoms with Gasteiger partial charge in [-0.05, 0) is 36.6 Å². The zero-order chi connectivity index (χ0) is 16.2. The van der Waals surface area contributed by atoms with Crippen molar-refractivity contribution < 1.29 is 13.9 Å². The fourth-order valence-electron chi connectivity index (χ4n) is 2.62. The standard InChI is InChI=1S/C19H21NO3/c1-13-11-16(13)18-9-7-15(23-18)8-10-19(21)20-12-14-5-3-4-6-17(14)22-2/h3-10,13,16H,11-12H2,1-2H3,(H,20,21). The van der Waals surface area contributed by atoms with E-state index in [-0.39, 0.29) is 5.91 Å². The molecule has 0 saturated heterocycles. The van der Waals surface area contributed by atoms with Gasteiger partial charge in [0.2, 0.25) is 5.91 Å². The highest BCUT2D eigenvalue weighted by atomic mass is 16.5. The molecular weight excluding hydrogens is 290 g/mol. The number of hydrogen-bond acceptors (Lipinski definition) is 3. The molecule has 2 atom stereocenters. The minimum atomic E-state index is -0.159. The van der Waals surface area contributed by atoms with Crippen LogP contribution in [-0.2, 0) is 11.3 Å². The van der Waals surface area contributed by atoms with Gasteiger partial charge in [0.05, 0.1) is 7.11 Å². The summed E-state index contributed by atoms with van der Waals surface area (Å²) in [6.07, 6.45) is 4.39. The Morgan fingerprint density at radius 1 is 1.35 bits per heavy atom. The Morgan fingerprint density at radius 2 is 2.13 bits per heavy atom. The number of ether oxygens (including phenoxy) is 1. The Kier molecular flexibility index (Phi) is 4.51. The first kappa shape index (κ1) is 15.4. The van der Waals surface area contributed by atoms with Crippen LogP contribution in [0.4, 0.5) is 0 Å². The zero-order valence-corrected chi connectivity index (χ0v) is 13.4. The molecule has 3 rings (SSSR count). The van der Waals surface area contributed by atoms with E-state index in [1.54, 1.807) is 13.2 Å². The van der Waals surface area contributed by atoms with E-state index in [2.05, 4.69) is 12.2 Å². The van der Waals surface area contributed by atoms with E-state index in [1.165, 1.54) is 12.5 Å². The van der Waals surface area contributed by atoms with Crippen LogP contribution in [0.3, 0.4) is 0 Å². The summed E-state index contributed by atoms with van der Waals surface area (Å²) >= 11 is 0. The smallest absolute Gasteiger partial charge is 0.244 e. The summed E-state index contributed by atoms with van der Waals surface area (Å²) in [5, 5.41) is 2.85. The van der Waals surface area contributed by atoms with Crippen molar-refractivity contribution in [3.8, 4) is 5.75 Å². The van der Waals surface area contributed by atoms with Gasteiger partial charge in [0.1, 0.15) is 17.3 Å². The SMILES string of the molecule is COc1ccccc1CNC(=O)C=Cc1ccc(C2CC2C)o1. The largest absolute Gasteiger partial charge is 0.496 e. The highest BCUT2D eigenvalue weighted by molar-refractivity contribution is 5.91. The predicted octanol–water partition coefficient (Wildman–Crippen LogP) is 3.74. The van der Waals surface area contributed by atoms with Gasteiger partial charge >= 0.3 is 0 Å². The van der Waals surface area contributed by atoms with Crippen LogP contribution in [0.1, 0.15) is 36.3 Å². The van der Waals surface area contributed by atoms with E-state index >= 15 is 0 Å². The molecule has 4 nitrogen and oxygen atoms in total. The summed E-state index contributed by atoms with van der Waals surface area (Å²) in [7, 11) is 1.62. The third kappa shape index (κ3) is 3.83. The fourth-order valence-corrected chi connectivity index (χ4v) is 2.62. The highest BCUT2D eigenvalue weighted by Gasteiger charge is 2.36. The van der Waals surface area contributed by atoms with Crippen molar-refractivity contribution in [2.75, 3.05) is 7.11 Å².